The fourth-order valence-corrected chi connectivity index (χ4v) is 6.82. The van der Waals surface area contributed by atoms with E-state index in [1.165, 1.54) is 25.5 Å². The van der Waals surface area contributed by atoms with Crippen LogP contribution in [0.4, 0.5) is 14.5 Å². The number of nitrogens with zero attached hydrogens (tertiary/aromatic N) is 6. The molecule has 10 nitrogen and oxygen atoms in total. The highest BCUT2D eigenvalue weighted by molar-refractivity contribution is 7.90. The molecule has 1 saturated heterocycles. The van der Waals surface area contributed by atoms with Gasteiger partial charge in [-0.1, -0.05) is 0 Å². The van der Waals surface area contributed by atoms with Gasteiger partial charge in [-0.15, -0.1) is 0 Å². The van der Waals surface area contributed by atoms with E-state index in [0.29, 0.717) is 46.3 Å². The van der Waals surface area contributed by atoms with Crippen LogP contribution in [0, 0.1) is 24.5 Å². The normalized spacial score (nSPS) is 16.7. The predicted octanol–water partition coefficient (Wildman–Crippen LogP) is 5.02. The molecule has 0 radical (unpaired) electrons. The number of methoxy groups -OCH3 is 2. The van der Waals surface area contributed by atoms with Crippen LogP contribution in [0.3, 0.4) is 0 Å². The Hall–Kier alpha value is -4.65. The van der Waals surface area contributed by atoms with Crippen LogP contribution in [-0.2, 0) is 9.84 Å². The highest BCUT2D eigenvalue weighted by atomic mass is 32.2. The summed E-state index contributed by atoms with van der Waals surface area (Å²) in [6.07, 6.45) is 6.20. The minimum Gasteiger partial charge on any atom is -0.496 e. The van der Waals surface area contributed by atoms with Gasteiger partial charge < -0.3 is 14.4 Å². The zero-order valence-electron chi connectivity index (χ0n) is 24.7. The molecule has 1 aliphatic rings. The molecule has 1 aliphatic heterocycles. The summed E-state index contributed by atoms with van der Waals surface area (Å²) in [6, 6.07) is 9.73. The molecule has 6 rings (SSSR count). The van der Waals surface area contributed by atoms with Crippen LogP contribution in [0.1, 0.15) is 12.6 Å². The molecule has 0 N–H and O–H groups in total. The Kier molecular flexibility index (Phi) is 7.44. The van der Waals surface area contributed by atoms with Crippen LogP contribution < -0.4 is 14.4 Å². The van der Waals surface area contributed by atoms with Crippen LogP contribution in [0.15, 0.2) is 55.0 Å². The fourth-order valence-electron chi connectivity index (χ4n) is 5.66. The van der Waals surface area contributed by atoms with E-state index in [1.807, 2.05) is 24.8 Å². The van der Waals surface area contributed by atoms with Crippen molar-refractivity contribution < 1.29 is 26.7 Å². The lowest BCUT2D eigenvalue weighted by molar-refractivity contribution is 0.341. The second-order valence-corrected chi connectivity index (χ2v) is 13.1. The topological polar surface area (TPSA) is 112 Å². The van der Waals surface area contributed by atoms with Gasteiger partial charge in [-0.2, -0.15) is 9.49 Å². The highest BCUT2D eigenvalue weighted by Gasteiger charge is 2.38. The SMILES string of the molecule is COc1ccncc1-c1cc2c(cnn2-c2cc(N3C[C@H](CS(C)(=O)=O)[C@H]3C)cc(-c3ccc(OC)c(F)c3F)n2)c(C)n1. The first-order valence-corrected chi connectivity index (χ1v) is 15.9. The number of fused-ring (bicyclic) bond motifs is 1. The van der Waals surface area contributed by atoms with E-state index >= 15 is 4.39 Å². The van der Waals surface area contributed by atoms with Crippen LogP contribution in [-0.4, -0.2) is 72.0 Å². The lowest BCUT2D eigenvalue weighted by Gasteiger charge is -2.48. The van der Waals surface area contributed by atoms with Gasteiger partial charge in [0, 0.05) is 65.6 Å². The first-order valence-electron chi connectivity index (χ1n) is 13.8. The molecule has 1 aromatic carbocycles. The number of anilines is 1. The average molecular weight is 621 g/mol. The maximum absolute atomic E-state index is 15.4. The van der Waals surface area contributed by atoms with Gasteiger partial charge in [-0.05, 0) is 44.2 Å². The van der Waals surface area contributed by atoms with Gasteiger partial charge >= 0.3 is 0 Å². The summed E-state index contributed by atoms with van der Waals surface area (Å²) in [5.74, 6) is -1.49. The second kappa shape index (κ2) is 11.1. The summed E-state index contributed by atoms with van der Waals surface area (Å²) >= 11 is 0. The molecule has 0 saturated carbocycles. The van der Waals surface area contributed by atoms with Gasteiger partial charge in [0.25, 0.3) is 0 Å². The molecule has 0 unspecified atom stereocenters. The Morgan fingerprint density at radius 3 is 2.41 bits per heavy atom. The van der Waals surface area contributed by atoms with E-state index < -0.39 is 21.5 Å². The third-order valence-electron chi connectivity index (χ3n) is 8.04. The summed E-state index contributed by atoms with van der Waals surface area (Å²) in [4.78, 5) is 15.7. The Labute approximate surface area is 253 Å². The van der Waals surface area contributed by atoms with Crippen molar-refractivity contribution in [3.8, 4) is 39.8 Å². The van der Waals surface area contributed by atoms with Crippen molar-refractivity contribution in [2.24, 2.45) is 5.92 Å². The quantitative estimate of drug-likeness (QED) is 0.236. The van der Waals surface area contributed by atoms with Crippen LogP contribution >= 0.6 is 0 Å². The van der Waals surface area contributed by atoms with E-state index in [-0.39, 0.29) is 34.7 Å². The third kappa shape index (κ3) is 5.21. The first kappa shape index (κ1) is 29.4. The molecule has 4 aromatic heterocycles. The zero-order valence-corrected chi connectivity index (χ0v) is 25.6. The molecule has 13 heteroatoms. The maximum atomic E-state index is 15.4. The van der Waals surface area contributed by atoms with Gasteiger partial charge in [0.2, 0.25) is 5.82 Å². The molecule has 44 heavy (non-hydrogen) atoms. The van der Waals surface area contributed by atoms with Crippen LogP contribution in [0.5, 0.6) is 11.5 Å². The minimum atomic E-state index is -3.17. The molecule has 0 amide bonds. The van der Waals surface area contributed by atoms with Crippen LogP contribution in [0.25, 0.3) is 39.2 Å². The summed E-state index contributed by atoms with van der Waals surface area (Å²) in [5.41, 5.74) is 3.50. The summed E-state index contributed by atoms with van der Waals surface area (Å²) in [6.45, 7) is 4.29. The second-order valence-electron chi connectivity index (χ2n) is 10.9. The maximum Gasteiger partial charge on any atom is 0.201 e. The van der Waals surface area contributed by atoms with E-state index in [9.17, 15) is 12.8 Å². The number of halogens is 2. The van der Waals surface area contributed by atoms with Gasteiger partial charge in [-0.25, -0.2) is 22.5 Å². The molecule has 0 aliphatic carbocycles. The molecule has 1 fully saturated rings. The van der Waals surface area contributed by atoms with Crippen molar-refractivity contribution in [3.05, 3.63) is 72.3 Å². The van der Waals surface area contributed by atoms with Crippen molar-refractivity contribution in [1.82, 2.24) is 24.7 Å². The number of ether oxygens (including phenoxy) is 2. The molecule has 2 atom stereocenters. The van der Waals surface area contributed by atoms with E-state index in [2.05, 4.69) is 10.1 Å². The smallest absolute Gasteiger partial charge is 0.201 e. The predicted molar refractivity (Wildman–Crippen MR) is 163 cm³/mol. The number of hydrogen-bond donors (Lipinski definition) is 0. The fraction of sp³-hybridized carbons (Fsp3) is 0.290. The molecule has 228 valence electrons. The minimum absolute atomic E-state index is 0.0534. The number of sulfone groups is 1. The number of rotatable bonds is 8. The van der Waals surface area contributed by atoms with Crippen molar-refractivity contribution in [2.45, 2.75) is 19.9 Å². The first-order chi connectivity index (χ1) is 21.0. The van der Waals surface area contributed by atoms with Gasteiger partial charge in [0.05, 0.1) is 48.6 Å². The van der Waals surface area contributed by atoms with E-state index in [1.54, 1.807) is 48.6 Å². The van der Waals surface area contributed by atoms with Gasteiger partial charge in [0.15, 0.2) is 17.4 Å². The van der Waals surface area contributed by atoms with Crippen molar-refractivity contribution >= 4 is 26.4 Å². The Morgan fingerprint density at radius 1 is 0.955 bits per heavy atom. The van der Waals surface area contributed by atoms with Crippen molar-refractivity contribution in [3.63, 3.8) is 0 Å². The lowest BCUT2D eigenvalue weighted by atomic mass is 9.91. The summed E-state index contributed by atoms with van der Waals surface area (Å²) in [5, 5.41) is 5.39. The average Bonchev–Trinajstić information content (AvgIpc) is 3.44. The number of benzene rings is 1. The van der Waals surface area contributed by atoms with Crippen molar-refractivity contribution in [1.29, 1.82) is 0 Å². The number of aromatic nitrogens is 5. The van der Waals surface area contributed by atoms with Gasteiger partial charge in [0.1, 0.15) is 15.6 Å². The summed E-state index contributed by atoms with van der Waals surface area (Å²) in [7, 11) is -0.332. The number of aryl methyl sites for hydroxylation is 1. The Morgan fingerprint density at radius 2 is 1.70 bits per heavy atom. The molecular formula is C31H30F2N6O4S. The number of pyridine rings is 3. The standard InChI is InChI=1S/C31H30F2N6O4S/c1-17-22-14-35-39(26(22)12-25(36-17)23-13-34-9-8-27(23)42-3)29-11-20(38-15-19(18(38)2)16-44(5,40)41)10-24(37-29)21-6-7-28(43-4)31(33)30(21)32/h6-14,18-19H,15-16H2,1-5H3/t18-,19-/m1/s1. The Bertz CT molecular complexity index is 2020. The third-order valence-corrected chi connectivity index (χ3v) is 9.08. The molecule has 0 bridgehead atoms. The molecule has 0 spiro atoms. The Balaban J connectivity index is 1.52. The monoisotopic (exact) mass is 620 g/mol. The lowest BCUT2D eigenvalue weighted by Crippen LogP contribution is -2.57. The highest BCUT2D eigenvalue weighted by Crippen LogP contribution is 2.38. The zero-order chi connectivity index (χ0) is 31.3. The molecule has 5 heterocycles. The largest absolute Gasteiger partial charge is 0.496 e. The van der Waals surface area contributed by atoms with Gasteiger partial charge in [-0.3, -0.25) is 9.97 Å². The van der Waals surface area contributed by atoms with Crippen LogP contribution in [0.2, 0.25) is 0 Å². The number of hydrogen-bond acceptors (Lipinski definition) is 9. The van der Waals surface area contributed by atoms with E-state index in [4.69, 9.17) is 19.4 Å². The molecular weight excluding hydrogens is 590 g/mol. The van der Waals surface area contributed by atoms with E-state index in [0.717, 1.165) is 5.39 Å². The summed E-state index contributed by atoms with van der Waals surface area (Å²) < 4.78 is 66.2. The molecule has 5 aromatic rings. The van der Waals surface area contributed by atoms with Crippen molar-refractivity contribution in [2.75, 3.05) is 37.7 Å².